The fourth-order valence-electron chi connectivity index (χ4n) is 2.09. The highest BCUT2D eigenvalue weighted by Gasteiger charge is 2.40. The van der Waals surface area contributed by atoms with Crippen LogP contribution in [0.25, 0.3) is 0 Å². The Morgan fingerprint density at radius 3 is 2.43 bits per heavy atom. The van der Waals surface area contributed by atoms with Gasteiger partial charge < -0.3 is 10.2 Å². The van der Waals surface area contributed by atoms with E-state index in [4.69, 9.17) is 10.2 Å². The number of hydrogen-bond acceptors (Lipinski definition) is 3. The maximum atomic E-state index is 10.8. The number of nitrogens with zero attached hydrogens (tertiary/aromatic N) is 1. The van der Waals surface area contributed by atoms with Crippen molar-refractivity contribution in [2.45, 2.75) is 38.8 Å². The van der Waals surface area contributed by atoms with Crippen LogP contribution in [-0.2, 0) is 4.79 Å². The zero-order chi connectivity index (χ0) is 10.7. The van der Waals surface area contributed by atoms with Crippen molar-refractivity contribution in [3.05, 3.63) is 0 Å². The van der Waals surface area contributed by atoms with E-state index in [-0.39, 0.29) is 18.6 Å². The molecule has 0 saturated heterocycles. The minimum Gasteiger partial charge on any atom is -0.481 e. The molecule has 0 aliphatic heterocycles. The smallest absolute Gasteiger partial charge is 0.308 e. The average Bonchev–Trinajstić information content (AvgIpc) is 1.99. The minimum atomic E-state index is -0.704. The quantitative estimate of drug-likeness (QED) is 0.682. The SMILES string of the molecule is CC(C)N(CCO)C1CCC1C(=O)O. The Labute approximate surface area is 84.5 Å². The van der Waals surface area contributed by atoms with Crippen LogP contribution in [0.15, 0.2) is 0 Å². The van der Waals surface area contributed by atoms with Gasteiger partial charge in [0.25, 0.3) is 0 Å². The molecular formula is C10H19NO3. The first-order chi connectivity index (χ1) is 6.57. The van der Waals surface area contributed by atoms with Crippen LogP contribution in [0.3, 0.4) is 0 Å². The predicted molar refractivity (Wildman–Crippen MR) is 53.1 cm³/mol. The van der Waals surface area contributed by atoms with Crippen molar-refractivity contribution in [1.29, 1.82) is 0 Å². The first-order valence-corrected chi connectivity index (χ1v) is 5.17. The molecule has 1 fully saturated rings. The van der Waals surface area contributed by atoms with Gasteiger partial charge >= 0.3 is 5.97 Å². The summed E-state index contributed by atoms with van der Waals surface area (Å²) in [6.45, 7) is 4.74. The lowest BCUT2D eigenvalue weighted by molar-refractivity contribution is -0.149. The van der Waals surface area contributed by atoms with Crippen molar-refractivity contribution in [3.63, 3.8) is 0 Å². The molecule has 1 rings (SSSR count). The summed E-state index contributed by atoms with van der Waals surface area (Å²) in [6, 6.07) is 0.425. The van der Waals surface area contributed by atoms with Crippen molar-refractivity contribution < 1.29 is 15.0 Å². The summed E-state index contributed by atoms with van der Waals surface area (Å²) in [7, 11) is 0. The number of hydrogen-bond donors (Lipinski definition) is 2. The number of aliphatic hydroxyl groups is 1. The molecule has 82 valence electrons. The van der Waals surface area contributed by atoms with Gasteiger partial charge in [0, 0.05) is 18.6 Å². The van der Waals surface area contributed by atoms with Crippen molar-refractivity contribution in [1.82, 2.24) is 4.90 Å². The molecule has 0 spiro atoms. The zero-order valence-electron chi connectivity index (χ0n) is 8.81. The van der Waals surface area contributed by atoms with Gasteiger partial charge in [0.2, 0.25) is 0 Å². The molecule has 1 aliphatic carbocycles. The number of rotatable bonds is 5. The lowest BCUT2D eigenvalue weighted by atomic mass is 9.78. The number of aliphatic hydroxyl groups excluding tert-OH is 1. The standard InChI is InChI=1S/C10H19NO3/c1-7(2)11(5-6-12)9-4-3-8(9)10(13)14/h7-9,12H,3-6H2,1-2H3,(H,13,14). The Morgan fingerprint density at radius 2 is 2.14 bits per heavy atom. The topological polar surface area (TPSA) is 60.8 Å². The molecule has 0 aromatic heterocycles. The normalized spacial score (nSPS) is 26.6. The van der Waals surface area contributed by atoms with Crippen molar-refractivity contribution in [2.24, 2.45) is 5.92 Å². The van der Waals surface area contributed by atoms with Crippen molar-refractivity contribution in [3.8, 4) is 0 Å². The average molecular weight is 201 g/mol. The summed E-state index contributed by atoms with van der Waals surface area (Å²) in [5.74, 6) is -0.936. The predicted octanol–water partition coefficient (Wildman–Crippen LogP) is 0.552. The summed E-state index contributed by atoms with van der Waals surface area (Å²) < 4.78 is 0. The zero-order valence-corrected chi connectivity index (χ0v) is 8.81. The van der Waals surface area contributed by atoms with Gasteiger partial charge in [-0.05, 0) is 26.7 Å². The number of carboxylic acids is 1. The van der Waals surface area contributed by atoms with Crippen LogP contribution >= 0.6 is 0 Å². The third-order valence-electron chi connectivity index (χ3n) is 3.00. The van der Waals surface area contributed by atoms with Crippen LogP contribution in [0.4, 0.5) is 0 Å². The second-order valence-electron chi connectivity index (χ2n) is 4.14. The lowest BCUT2D eigenvalue weighted by Crippen LogP contribution is -2.53. The molecule has 4 heteroatoms. The third kappa shape index (κ3) is 2.25. The van der Waals surface area contributed by atoms with Crippen LogP contribution in [0, 0.1) is 5.92 Å². The van der Waals surface area contributed by atoms with Crippen LogP contribution in [0.5, 0.6) is 0 Å². The molecule has 0 radical (unpaired) electrons. The van der Waals surface area contributed by atoms with E-state index in [2.05, 4.69) is 4.90 Å². The first kappa shape index (κ1) is 11.5. The molecule has 14 heavy (non-hydrogen) atoms. The van der Waals surface area contributed by atoms with Gasteiger partial charge in [-0.25, -0.2) is 0 Å². The van der Waals surface area contributed by atoms with Crippen molar-refractivity contribution >= 4 is 5.97 Å². The molecule has 2 N–H and O–H groups in total. The molecule has 2 unspecified atom stereocenters. The van der Waals surface area contributed by atoms with E-state index in [0.29, 0.717) is 12.6 Å². The van der Waals surface area contributed by atoms with E-state index in [0.717, 1.165) is 12.8 Å². The summed E-state index contributed by atoms with van der Waals surface area (Å²) in [4.78, 5) is 12.9. The Bertz CT molecular complexity index is 206. The largest absolute Gasteiger partial charge is 0.481 e. The van der Waals surface area contributed by atoms with E-state index in [9.17, 15) is 4.79 Å². The van der Waals surface area contributed by atoms with Gasteiger partial charge in [-0.15, -0.1) is 0 Å². The van der Waals surface area contributed by atoms with Gasteiger partial charge in [0.1, 0.15) is 0 Å². The molecule has 0 aromatic rings. The minimum absolute atomic E-state index is 0.0982. The van der Waals surface area contributed by atoms with Gasteiger partial charge in [-0.2, -0.15) is 0 Å². The van der Waals surface area contributed by atoms with Crippen LogP contribution in [-0.4, -0.2) is 46.3 Å². The molecular weight excluding hydrogens is 182 g/mol. The fraction of sp³-hybridized carbons (Fsp3) is 0.900. The monoisotopic (exact) mass is 201 g/mol. The summed E-state index contributed by atoms with van der Waals surface area (Å²) in [5.41, 5.74) is 0. The first-order valence-electron chi connectivity index (χ1n) is 5.17. The maximum absolute atomic E-state index is 10.8. The molecule has 0 heterocycles. The Morgan fingerprint density at radius 1 is 1.50 bits per heavy atom. The number of carboxylic acid groups (broad SMARTS) is 1. The van der Waals surface area contributed by atoms with E-state index in [1.165, 1.54) is 0 Å². The van der Waals surface area contributed by atoms with E-state index in [1.807, 2.05) is 13.8 Å². The second-order valence-corrected chi connectivity index (χ2v) is 4.14. The molecule has 0 aromatic carbocycles. The fourth-order valence-corrected chi connectivity index (χ4v) is 2.09. The van der Waals surface area contributed by atoms with Gasteiger partial charge in [-0.3, -0.25) is 9.69 Å². The molecule has 1 saturated carbocycles. The van der Waals surface area contributed by atoms with Gasteiger partial charge in [0.15, 0.2) is 0 Å². The molecule has 1 aliphatic rings. The second kappa shape index (κ2) is 4.75. The Hall–Kier alpha value is -0.610. The van der Waals surface area contributed by atoms with Gasteiger partial charge in [0.05, 0.1) is 12.5 Å². The summed E-state index contributed by atoms with van der Waals surface area (Å²) in [5, 5.41) is 17.8. The molecule has 2 atom stereocenters. The third-order valence-corrected chi connectivity index (χ3v) is 3.00. The van der Waals surface area contributed by atoms with Gasteiger partial charge in [-0.1, -0.05) is 0 Å². The number of aliphatic carboxylic acids is 1. The van der Waals surface area contributed by atoms with E-state index >= 15 is 0 Å². The maximum Gasteiger partial charge on any atom is 0.308 e. The van der Waals surface area contributed by atoms with Crippen LogP contribution in [0.2, 0.25) is 0 Å². The lowest BCUT2D eigenvalue weighted by Gasteiger charge is -2.44. The van der Waals surface area contributed by atoms with Crippen LogP contribution < -0.4 is 0 Å². The molecule has 4 nitrogen and oxygen atoms in total. The Balaban J connectivity index is 2.55. The highest BCUT2D eigenvalue weighted by Crippen LogP contribution is 2.33. The summed E-state index contributed by atoms with van der Waals surface area (Å²) in [6.07, 6.45) is 1.71. The van der Waals surface area contributed by atoms with Crippen molar-refractivity contribution in [2.75, 3.05) is 13.2 Å². The highest BCUT2D eigenvalue weighted by atomic mass is 16.4. The van der Waals surface area contributed by atoms with Crippen LogP contribution in [0.1, 0.15) is 26.7 Å². The molecule has 0 bridgehead atoms. The molecule has 0 amide bonds. The van der Waals surface area contributed by atoms with E-state index in [1.54, 1.807) is 0 Å². The number of carbonyl (C=O) groups is 1. The van der Waals surface area contributed by atoms with E-state index < -0.39 is 5.97 Å². The summed E-state index contributed by atoms with van der Waals surface area (Å²) >= 11 is 0. The highest BCUT2D eigenvalue weighted by molar-refractivity contribution is 5.72. The Kier molecular flexibility index (Phi) is 3.89.